The van der Waals surface area contributed by atoms with Gasteiger partial charge in [-0.2, -0.15) is 0 Å². The molecule has 0 aromatic heterocycles. The molecule has 1 saturated heterocycles. The molecule has 0 spiro atoms. The van der Waals surface area contributed by atoms with Gasteiger partial charge in [0, 0.05) is 5.92 Å². The highest BCUT2D eigenvalue weighted by Crippen LogP contribution is 2.33. The van der Waals surface area contributed by atoms with E-state index in [4.69, 9.17) is 9.47 Å². The first-order chi connectivity index (χ1) is 8.16. The van der Waals surface area contributed by atoms with Crippen molar-refractivity contribution in [3.63, 3.8) is 0 Å². The Hall–Kier alpha value is -1.06. The lowest BCUT2D eigenvalue weighted by atomic mass is 9.80. The van der Waals surface area contributed by atoms with Crippen LogP contribution in [-0.2, 0) is 19.1 Å². The number of cyclic esters (lactones) is 2. The highest BCUT2D eigenvalue weighted by molar-refractivity contribution is 5.79. The van der Waals surface area contributed by atoms with E-state index in [1.54, 1.807) is 0 Å². The number of hydrogen-bond donors (Lipinski definition) is 0. The molecule has 17 heavy (non-hydrogen) atoms. The molecule has 0 bridgehead atoms. The van der Waals surface area contributed by atoms with Crippen molar-refractivity contribution in [2.45, 2.75) is 58.2 Å². The fourth-order valence-electron chi connectivity index (χ4n) is 2.70. The summed E-state index contributed by atoms with van der Waals surface area (Å²) in [6.45, 7) is 2.02. The predicted octanol–water partition coefficient (Wildman–Crippen LogP) is 2.41. The van der Waals surface area contributed by atoms with Gasteiger partial charge < -0.3 is 9.47 Å². The van der Waals surface area contributed by atoms with Gasteiger partial charge in [-0.05, 0) is 18.8 Å². The van der Waals surface area contributed by atoms with E-state index in [9.17, 15) is 9.59 Å². The van der Waals surface area contributed by atoms with Gasteiger partial charge in [-0.3, -0.25) is 9.59 Å². The van der Waals surface area contributed by atoms with Crippen molar-refractivity contribution in [3.8, 4) is 0 Å². The van der Waals surface area contributed by atoms with E-state index in [1.807, 2.05) is 6.92 Å². The first-order valence-corrected chi connectivity index (χ1v) is 6.56. The molecule has 2 rings (SSSR count). The van der Waals surface area contributed by atoms with Crippen LogP contribution in [0.15, 0.2) is 0 Å². The van der Waals surface area contributed by atoms with Crippen LogP contribution in [0.3, 0.4) is 0 Å². The molecule has 1 saturated carbocycles. The van der Waals surface area contributed by atoms with Crippen molar-refractivity contribution in [2.75, 3.05) is 0 Å². The molecule has 0 aromatic carbocycles. The van der Waals surface area contributed by atoms with Crippen LogP contribution >= 0.6 is 0 Å². The fraction of sp³-hybridized carbons (Fsp3) is 0.846. The average molecular weight is 240 g/mol. The van der Waals surface area contributed by atoms with E-state index < -0.39 is 6.29 Å². The van der Waals surface area contributed by atoms with Gasteiger partial charge in [0.2, 0.25) is 6.29 Å². The first kappa shape index (κ1) is 12.4. The molecule has 0 N–H and O–H groups in total. The summed E-state index contributed by atoms with van der Waals surface area (Å²) in [5.74, 6) is -0.0132. The molecule has 1 unspecified atom stereocenters. The number of ether oxygens (including phenoxy) is 2. The van der Waals surface area contributed by atoms with Crippen LogP contribution in [0.1, 0.15) is 51.9 Å². The lowest BCUT2D eigenvalue weighted by Gasteiger charge is -2.31. The lowest BCUT2D eigenvalue weighted by molar-refractivity contribution is -0.193. The minimum atomic E-state index is -0.666. The summed E-state index contributed by atoms with van der Waals surface area (Å²) in [5, 5.41) is 0. The molecule has 0 aromatic rings. The third-order valence-corrected chi connectivity index (χ3v) is 3.85. The zero-order chi connectivity index (χ0) is 12.3. The average Bonchev–Trinajstić information content (AvgIpc) is 2.51. The molecule has 4 nitrogen and oxygen atoms in total. The van der Waals surface area contributed by atoms with E-state index in [2.05, 4.69) is 0 Å². The quantitative estimate of drug-likeness (QED) is 0.695. The summed E-state index contributed by atoms with van der Waals surface area (Å²) >= 11 is 0. The first-order valence-electron chi connectivity index (χ1n) is 6.56. The Morgan fingerprint density at radius 2 is 1.53 bits per heavy atom. The van der Waals surface area contributed by atoms with Crippen molar-refractivity contribution in [3.05, 3.63) is 0 Å². The predicted molar refractivity (Wildman–Crippen MR) is 60.9 cm³/mol. The smallest absolute Gasteiger partial charge is 0.309 e. The van der Waals surface area contributed by atoms with Crippen LogP contribution in [-0.4, -0.2) is 18.2 Å². The molecule has 1 aliphatic heterocycles. The van der Waals surface area contributed by atoms with Gasteiger partial charge in [0.1, 0.15) is 0 Å². The third-order valence-electron chi connectivity index (χ3n) is 3.85. The monoisotopic (exact) mass is 240 g/mol. The van der Waals surface area contributed by atoms with E-state index >= 15 is 0 Å². The van der Waals surface area contributed by atoms with Crippen LogP contribution in [0.25, 0.3) is 0 Å². The third kappa shape index (κ3) is 3.20. The van der Waals surface area contributed by atoms with Gasteiger partial charge in [0.25, 0.3) is 0 Å². The van der Waals surface area contributed by atoms with Gasteiger partial charge in [-0.25, -0.2) is 0 Å². The summed E-state index contributed by atoms with van der Waals surface area (Å²) in [6, 6.07) is 0. The molecule has 0 radical (unpaired) electrons. The molecule has 2 fully saturated rings. The van der Waals surface area contributed by atoms with E-state index in [1.165, 1.54) is 19.3 Å². The zero-order valence-corrected chi connectivity index (χ0v) is 10.3. The van der Waals surface area contributed by atoms with Crippen LogP contribution in [0.4, 0.5) is 0 Å². The summed E-state index contributed by atoms with van der Waals surface area (Å²) in [7, 11) is 0. The molecule has 4 heteroatoms. The van der Waals surface area contributed by atoms with Gasteiger partial charge in [-0.15, -0.1) is 0 Å². The molecule has 1 heterocycles. The Labute approximate surface area is 102 Å². The van der Waals surface area contributed by atoms with Crippen molar-refractivity contribution >= 4 is 11.9 Å². The maximum absolute atomic E-state index is 11.4. The number of esters is 2. The molecule has 2 aliphatic rings. The Kier molecular flexibility index (Phi) is 4.02. The highest BCUT2D eigenvalue weighted by Gasteiger charge is 2.34. The van der Waals surface area contributed by atoms with Gasteiger partial charge in [-0.1, -0.05) is 26.2 Å². The van der Waals surface area contributed by atoms with Gasteiger partial charge >= 0.3 is 11.9 Å². The highest BCUT2D eigenvalue weighted by atomic mass is 16.7. The van der Waals surface area contributed by atoms with Crippen molar-refractivity contribution < 1.29 is 19.1 Å². The zero-order valence-electron chi connectivity index (χ0n) is 10.3. The summed E-state index contributed by atoms with van der Waals surface area (Å²) < 4.78 is 10.4. The minimum Gasteiger partial charge on any atom is -0.425 e. The van der Waals surface area contributed by atoms with Crippen molar-refractivity contribution in [2.24, 2.45) is 11.8 Å². The Morgan fingerprint density at radius 3 is 2.06 bits per heavy atom. The lowest BCUT2D eigenvalue weighted by Crippen LogP contribution is -2.33. The maximum Gasteiger partial charge on any atom is 0.309 e. The van der Waals surface area contributed by atoms with Crippen LogP contribution < -0.4 is 0 Å². The number of rotatable bonds is 2. The second kappa shape index (κ2) is 5.52. The molecule has 1 aliphatic carbocycles. The van der Waals surface area contributed by atoms with Crippen molar-refractivity contribution in [1.29, 1.82) is 0 Å². The standard InChI is InChI=1S/C13H20O4/c1-9(10-5-3-2-4-6-10)13-16-11(14)7-8-12(15)17-13/h9-10,13H,2-8H2,1H3. The number of carbonyl (C=O) groups excluding carboxylic acids is 2. The number of hydrogen-bond acceptors (Lipinski definition) is 4. The van der Waals surface area contributed by atoms with Crippen LogP contribution in [0, 0.1) is 11.8 Å². The topological polar surface area (TPSA) is 52.6 Å². The molecule has 1 atom stereocenters. The largest absolute Gasteiger partial charge is 0.425 e. The second-order valence-electron chi connectivity index (χ2n) is 5.11. The maximum atomic E-state index is 11.4. The normalized spacial score (nSPS) is 25.9. The Bertz CT molecular complexity index is 276. The van der Waals surface area contributed by atoms with E-state index in [0.717, 1.165) is 12.8 Å². The molecule has 96 valence electrons. The van der Waals surface area contributed by atoms with Crippen molar-refractivity contribution in [1.82, 2.24) is 0 Å². The summed E-state index contributed by atoms with van der Waals surface area (Å²) in [6.07, 6.45) is 5.65. The Morgan fingerprint density at radius 1 is 1.00 bits per heavy atom. The summed E-state index contributed by atoms with van der Waals surface area (Å²) in [5.41, 5.74) is 0. The fourth-order valence-corrected chi connectivity index (χ4v) is 2.70. The van der Waals surface area contributed by atoms with Crippen LogP contribution in [0.5, 0.6) is 0 Å². The van der Waals surface area contributed by atoms with Crippen LogP contribution in [0.2, 0.25) is 0 Å². The molecular formula is C13H20O4. The second-order valence-corrected chi connectivity index (χ2v) is 5.11. The number of carbonyl (C=O) groups is 2. The SMILES string of the molecule is CC(C1CCCCC1)C1OC(=O)CCC(=O)O1. The molecular weight excluding hydrogens is 220 g/mol. The van der Waals surface area contributed by atoms with Gasteiger partial charge in [0.05, 0.1) is 12.8 Å². The van der Waals surface area contributed by atoms with Gasteiger partial charge in [0.15, 0.2) is 0 Å². The minimum absolute atomic E-state index is 0.112. The van der Waals surface area contributed by atoms with E-state index in [-0.39, 0.29) is 30.7 Å². The molecule has 0 amide bonds. The van der Waals surface area contributed by atoms with E-state index in [0.29, 0.717) is 5.92 Å². The summed E-state index contributed by atoms with van der Waals surface area (Å²) in [4.78, 5) is 22.7. The Balaban J connectivity index is 1.98.